The highest BCUT2D eigenvalue weighted by atomic mass is 32.2. The predicted octanol–water partition coefficient (Wildman–Crippen LogP) is 3.67. The summed E-state index contributed by atoms with van der Waals surface area (Å²) >= 11 is 0. The maximum Gasteiger partial charge on any atom is 0.243 e. The van der Waals surface area contributed by atoms with Gasteiger partial charge in [0.1, 0.15) is 0 Å². The molecule has 2 aromatic rings. The number of nitrogens with zero attached hydrogens (tertiary/aromatic N) is 2. The lowest BCUT2D eigenvalue weighted by molar-refractivity contribution is -0.119. The highest BCUT2D eigenvalue weighted by Crippen LogP contribution is 2.28. The topological polar surface area (TPSA) is 57.7 Å². The number of para-hydroxylation sites is 1. The van der Waals surface area contributed by atoms with Gasteiger partial charge < -0.3 is 4.90 Å². The molecule has 0 bridgehead atoms. The minimum absolute atomic E-state index is 0.128. The van der Waals surface area contributed by atoms with Crippen LogP contribution < -0.4 is 4.90 Å². The minimum Gasteiger partial charge on any atom is -0.314 e. The van der Waals surface area contributed by atoms with E-state index in [0.29, 0.717) is 0 Å². The number of rotatable bonds is 6. The van der Waals surface area contributed by atoms with Gasteiger partial charge in [-0.1, -0.05) is 55.7 Å². The van der Waals surface area contributed by atoms with Gasteiger partial charge in [-0.15, -0.1) is 0 Å². The molecular weight excluding hydrogens is 360 g/mol. The monoisotopic (exact) mass is 386 g/mol. The van der Waals surface area contributed by atoms with Crippen molar-refractivity contribution in [2.45, 2.75) is 43.0 Å². The Morgan fingerprint density at radius 2 is 1.48 bits per heavy atom. The molecule has 0 unspecified atom stereocenters. The van der Waals surface area contributed by atoms with E-state index in [9.17, 15) is 13.2 Å². The third-order valence-electron chi connectivity index (χ3n) is 5.14. The summed E-state index contributed by atoms with van der Waals surface area (Å²) in [6, 6.07) is 17.6. The van der Waals surface area contributed by atoms with Crippen molar-refractivity contribution in [3.63, 3.8) is 0 Å². The molecule has 2 aromatic carbocycles. The van der Waals surface area contributed by atoms with Crippen LogP contribution in [0.1, 0.15) is 32.1 Å². The van der Waals surface area contributed by atoms with Crippen molar-refractivity contribution in [1.29, 1.82) is 0 Å². The van der Waals surface area contributed by atoms with Crippen LogP contribution >= 0.6 is 0 Å². The zero-order valence-electron chi connectivity index (χ0n) is 15.6. The first kappa shape index (κ1) is 19.6. The second kappa shape index (κ2) is 8.67. The van der Waals surface area contributed by atoms with Crippen molar-refractivity contribution in [3.05, 3.63) is 60.7 Å². The van der Waals surface area contributed by atoms with Crippen LogP contribution in [0.2, 0.25) is 0 Å². The molecular formula is C21H26N2O3S. The summed E-state index contributed by atoms with van der Waals surface area (Å²) in [6.07, 6.45) is 4.71. The lowest BCUT2D eigenvalue weighted by Crippen LogP contribution is -2.47. The Kier molecular flexibility index (Phi) is 6.29. The number of hydrogen-bond acceptors (Lipinski definition) is 3. The van der Waals surface area contributed by atoms with Gasteiger partial charge >= 0.3 is 0 Å². The maximum absolute atomic E-state index is 13.3. The van der Waals surface area contributed by atoms with Crippen LogP contribution in [0.3, 0.4) is 0 Å². The largest absolute Gasteiger partial charge is 0.314 e. The molecule has 3 rings (SSSR count). The van der Waals surface area contributed by atoms with Crippen molar-refractivity contribution in [2.24, 2.45) is 0 Å². The second-order valence-corrected chi connectivity index (χ2v) is 8.83. The number of carbonyl (C=O) groups is 1. The smallest absolute Gasteiger partial charge is 0.243 e. The molecule has 1 aliphatic carbocycles. The van der Waals surface area contributed by atoms with Gasteiger partial charge in [0.25, 0.3) is 0 Å². The van der Waals surface area contributed by atoms with Gasteiger partial charge in [-0.05, 0) is 37.1 Å². The van der Waals surface area contributed by atoms with E-state index in [1.807, 2.05) is 30.3 Å². The first-order chi connectivity index (χ1) is 13.0. The third-order valence-corrected chi connectivity index (χ3v) is 7.05. The SMILES string of the molecule is CN(C(=O)CN(C1CCCCC1)S(=O)(=O)c1ccccc1)c1ccccc1. The van der Waals surface area contributed by atoms with E-state index in [1.165, 1.54) is 9.21 Å². The van der Waals surface area contributed by atoms with E-state index in [4.69, 9.17) is 0 Å². The number of likely N-dealkylation sites (N-methyl/N-ethyl adjacent to an activating group) is 1. The Bertz CT molecular complexity index is 848. The Morgan fingerprint density at radius 3 is 2.07 bits per heavy atom. The van der Waals surface area contributed by atoms with E-state index in [-0.39, 0.29) is 23.4 Å². The first-order valence-electron chi connectivity index (χ1n) is 9.38. The van der Waals surface area contributed by atoms with Crippen molar-refractivity contribution in [3.8, 4) is 0 Å². The van der Waals surface area contributed by atoms with Gasteiger partial charge in [-0.2, -0.15) is 4.31 Å². The quantitative estimate of drug-likeness (QED) is 0.761. The number of sulfonamides is 1. The third kappa shape index (κ3) is 4.57. The Balaban J connectivity index is 1.87. The Labute approximate surface area is 161 Å². The zero-order valence-corrected chi connectivity index (χ0v) is 16.4. The fourth-order valence-corrected chi connectivity index (χ4v) is 5.20. The molecule has 0 heterocycles. The molecule has 1 saturated carbocycles. The summed E-state index contributed by atoms with van der Waals surface area (Å²) in [5, 5.41) is 0. The number of benzene rings is 2. The van der Waals surface area contributed by atoms with E-state index < -0.39 is 10.0 Å². The number of hydrogen-bond donors (Lipinski definition) is 0. The van der Waals surface area contributed by atoms with Gasteiger partial charge in [0.15, 0.2) is 0 Å². The van der Waals surface area contributed by atoms with Crippen LogP contribution in [0, 0.1) is 0 Å². The Morgan fingerprint density at radius 1 is 0.926 bits per heavy atom. The molecule has 0 spiro atoms. The van der Waals surface area contributed by atoms with E-state index in [0.717, 1.165) is 37.8 Å². The molecule has 0 aliphatic heterocycles. The molecule has 6 heteroatoms. The molecule has 0 radical (unpaired) electrons. The first-order valence-corrected chi connectivity index (χ1v) is 10.8. The molecule has 0 aromatic heterocycles. The van der Waals surface area contributed by atoms with Crippen molar-refractivity contribution in [2.75, 3.05) is 18.5 Å². The van der Waals surface area contributed by atoms with Crippen molar-refractivity contribution < 1.29 is 13.2 Å². The van der Waals surface area contributed by atoms with Gasteiger partial charge in [-0.3, -0.25) is 4.79 Å². The van der Waals surface area contributed by atoms with Gasteiger partial charge in [0.05, 0.1) is 11.4 Å². The summed E-state index contributed by atoms with van der Waals surface area (Å²) in [5.74, 6) is -0.230. The molecule has 1 amide bonds. The predicted molar refractivity (Wildman–Crippen MR) is 107 cm³/mol. The minimum atomic E-state index is -3.73. The van der Waals surface area contributed by atoms with E-state index >= 15 is 0 Å². The molecule has 1 fully saturated rings. The van der Waals surface area contributed by atoms with Gasteiger partial charge in [0.2, 0.25) is 15.9 Å². The average molecular weight is 387 g/mol. The number of anilines is 1. The fourth-order valence-electron chi connectivity index (χ4n) is 3.54. The van der Waals surface area contributed by atoms with Crippen LogP contribution in [0.15, 0.2) is 65.6 Å². The molecule has 5 nitrogen and oxygen atoms in total. The van der Waals surface area contributed by atoms with Crippen LogP contribution in [0.5, 0.6) is 0 Å². The Hall–Kier alpha value is -2.18. The molecule has 27 heavy (non-hydrogen) atoms. The lowest BCUT2D eigenvalue weighted by Gasteiger charge is -2.34. The normalized spacial score (nSPS) is 15.6. The average Bonchev–Trinajstić information content (AvgIpc) is 2.73. The van der Waals surface area contributed by atoms with Crippen molar-refractivity contribution in [1.82, 2.24) is 4.31 Å². The molecule has 0 saturated heterocycles. The highest BCUT2D eigenvalue weighted by molar-refractivity contribution is 7.89. The van der Waals surface area contributed by atoms with Crippen LogP contribution in [-0.2, 0) is 14.8 Å². The zero-order chi connectivity index (χ0) is 19.3. The highest BCUT2D eigenvalue weighted by Gasteiger charge is 2.34. The van der Waals surface area contributed by atoms with Crippen molar-refractivity contribution >= 4 is 21.6 Å². The fraction of sp³-hybridized carbons (Fsp3) is 0.381. The van der Waals surface area contributed by atoms with Crippen LogP contribution in [0.25, 0.3) is 0 Å². The number of carbonyl (C=O) groups excluding carboxylic acids is 1. The van der Waals surface area contributed by atoms with Crippen LogP contribution in [0.4, 0.5) is 5.69 Å². The van der Waals surface area contributed by atoms with E-state index in [1.54, 1.807) is 37.4 Å². The molecule has 144 valence electrons. The molecule has 0 N–H and O–H groups in total. The summed E-state index contributed by atoms with van der Waals surface area (Å²) in [4.78, 5) is 14.7. The second-order valence-electron chi connectivity index (χ2n) is 6.94. The maximum atomic E-state index is 13.3. The van der Waals surface area contributed by atoms with Gasteiger partial charge in [-0.25, -0.2) is 8.42 Å². The lowest BCUT2D eigenvalue weighted by atomic mass is 9.95. The van der Waals surface area contributed by atoms with Crippen LogP contribution in [-0.4, -0.2) is 38.3 Å². The number of amides is 1. The van der Waals surface area contributed by atoms with Gasteiger partial charge in [0, 0.05) is 18.8 Å². The molecule has 1 aliphatic rings. The van der Waals surface area contributed by atoms with E-state index in [2.05, 4.69) is 0 Å². The summed E-state index contributed by atoms with van der Waals surface area (Å²) < 4.78 is 28.0. The molecule has 0 atom stereocenters. The summed E-state index contributed by atoms with van der Waals surface area (Å²) in [7, 11) is -2.04. The standard InChI is InChI=1S/C21H26N2O3S/c1-22(18-11-5-2-6-12-18)21(24)17-23(19-13-7-3-8-14-19)27(25,26)20-15-9-4-10-16-20/h2,4-6,9-12,15-16,19H,3,7-8,13-14,17H2,1H3. The summed E-state index contributed by atoms with van der Waals surface area (Å²) in [6.45, 7) is -0.146. The summed E-state index contributed by atoms with van der Waals surface area (Å²) in [5.41, 5.74) is 0.753.